The van der Waals surface area contributed by atoms with E-state index in [1.165, 1.54) is 11.3 Å². The van der Waals surface area contributed by atoms with Crippen molar-refractivity contribution in [2.24, 2.45) is 0 Å². The molecule has 1 aliphatic heterocycles. The Balaban J connectivity index is 1.62. The highest BCUT2D eigenvalue weighted by molar-refractivity contribution is 7.13. The number of hydrogen-bond donors (Lipinski definition) is 2. The topological polar surface area (TPSA) is 65.5 Å². The molecule has 0 radical (unpaired) electrons. The number of thiophene rings is 1. The number of carbonyl (C=O) groups is 1. The molecule has 0 unspecified atom stereocenters. The molecule has 118 valence electrons. The van der Waals surface area contributed by atoms with Gasteiger partial charge in [-0.15, -0.1) is 11.3 Å². The molecule has 0 aromatic carbocycles. The third-order valence-corrected chi connectivity index (χ3v) is 5.46. The molecule has 0 bridgehead atoms. The molecule has 5 nitrogen and oxygen atoms in total. The van der Waals surface area contributed by atoms with Gasteiger partial charge in [0, 0.05) is 18.1 Å². The maximum Gasteiger partial charge on any atom is 0.242 e. The molecule has 7 heteroatoms. The summed E-state index contributed by atoms with van der Waals surface area (Å²) in [6.07, 6.45) is 3.57. The van der Waals surface area contributed by atoms with Crippen molar-refractivity contribution in [1.82, 2.24) is 10.3 Å². The van der Waals surface area contributed by atoms with E-state index < -0.39 is 5.60 Å². The van der Waals surface area contributed by atoms with E-state index >= 15 is 0 Å². The van der Waals surface area contributed by atoms with Gasteiger partial charge in [-0.1, -0.05) is 0 Å². The summed E-state index contributed by atoms with van der Waals surface area (Å²) in [6.45, 7) is 2.79. The highest BCUT2D eigenvalue weighted by atomic mass is 32.1. The van der Waals surface area contributed by atoms with Gasteiger partial charge < -0.3 is 15.3 Å². The van der Waals surface area contributed by atoms with Crippen LogP contribution >= 0.6 is 22.7 Å². The number of aliphatic hydroxyl groups is 1. The zero-order valence-electron chi connectivity index (χ0n) is 12.4. The molecule has 0 aliphatic carbocycles. The van der Waals surface area contributed by atoms with Gasteiger partial charge in [-0.05, 0) is 42.2 Å². The molecule has 22 heavy (non-hydrogen) atoms. The second-order valence-corrected chi connectivity index (χ2v) is 7.32. The largest absolute Gasteiger partial charge is 0.384 e. The zero-order valence-corrected chi connectivity index (χ0v) is 14.0. The standard InChI is InChI=1S/C15H19N3O2S2/c1-15(20,11-4-7-21-9-11)10-17-13(19)12-3-2-6-18(12)14-16-5-8-22-14/h4-5,7-9,12,20H,2-3,6,10H2,1H3,(H,17,19)/t12-,15+/m1/s1. The highest BCUT2D eigenvalue weighted by Crippen LogP contribution is 2.27. The van der Waals surface area contributed by atoms with E-state index in [0.29, 0.717) is 0 Å². The summed E-state index contributed by atoms with van der Waals surface area (Å²) in [5, 5.41) is 20.0. The van der Waals surface area contributed by atoms with Crippen LogP contribution in [0.1, 0.15) is 25.3 Å². The molecule has 3 heterocycles. The third-order valence-electron chi connectivity index (χ3n) is 3.97. The molecule has 2 aromatic rings. The van der Waals surface area contributed by atoms with Crippen molar-refractivity contribution in [2.75, 3.05) is 18.0 Å². The SMILES string of the molecule is C[C@](O)(CNC(=O)[C@H]1CCCN1c1nccs1)c1ccsc1. The van der Waals surface area contributed by atoms with E-state index in [-0.39, 0.29) is 18.5 Å². The molecule has 2 atom stereocenters. The molecule has 2 N–H and O–H groups in total. The third kappa shape index (κ3) is 3.16. The van der Waals surface area contributed by atoms with E-state index in [4.69, 9.17) is 0 Å². The van der Waals surface area contributed by atoms with Gasteiger partial charge in [0.25, 0.3) is 0 Å². The molecule has 1 aliphatic rings. The second kappa shape index (κ2) is 6.36. The van der Waals surface area contributed by atoms with Crippen LogP contribution in [0.3, 0.4) is 0 Å². The molecule has 0 saturated carbocycles. The van der Waals surface area contributed by atoms with Crippen LogP contribution in [0.4, 0.5) is 5.13 Å². The predicted molar refractivity (Wildman–Crippen MR) is 89.4 cm³/mol. The summed E-state index contributed by atoms with van der Waals surface area (Å²) in [6, 6.07) is 1.69. The van der Waals surface area contributed by atoms with Crippen molar-refractivity contribution in [2.45, 2.75) is 31.4 Å². The molecule has 1 amide bonds. The van der Waals surface area contributed by atoms with E-state index in [0.717, 1.165) is 30.1 Å². The maximum absolute atomic E-state index is 12.5. The normalized spacial score (nSPS) is 20.8. The van der Waals surface area contributed by atoms with Crippen molar-refractivity contribution in [3.8, 4) is 0 Å². The molecule has 1 saturated heterocycles. The van der Waals surface area contributed by atoms with Gasteiger partial charge in [0.05, 0.1) is 6.54 Å². The van der Waals surface area contributed by atoms with Gasteiger partial charge in [0.2, 0.25) is 5.91 Å². The van der Waals surface area contributed by atoms with Gasteiger partial charge in [0.1, 0.15) is 11.6 Å². The first-order chi connectivity index (χ1) is 10.6. The number of aromatic nitrogens is 1. The van der Waals surface area contributed by atoms with Crippen molar-refractivity contribution < 1.29 is 9.90 Å². The Hall–Kier alpha value is -1.44. The van der Waals surface area contributed by atoms with Crippen molar-refractivity contribution >= 4 is 33.7 Å². The van der Waals surface area contributed by atoms with Crippen LogP contribution in [0, 0.1) is 0 Å². The summed E-state index contributed by atoms with van der Waals surface area (Å²) in [5.74, 6) is -0.0387. The first-order valence-electron chi connectivity index (χ1n) is 7.27. The van der Waals surface area contributed by atoms with E-state index in [1.54, 1.807) is 24.5 Å². The lowest BCUT2D eigenvalue weighted by Gasteiger charge is -2.27. The average Bonchev–Trinajstić information content (AvgIpc) is 3.26. The number of hydrogen-bond acceptors (Lipinski definition) is 6. The second-order valence-electron chi connectivity index (χ2n) is 5.67. The van der Waals surface area contributed by atoms with Crippen LogP contribution in [-0.4, -0.2) is 35.1 Å². The lowest BCUT2D eigenvalue weighted by Crippen LogP contribution is -2.47. The van der Waals surface area contributed by atoms with Crippen molar-refractivity contribution in [3.63, 3.8) is 0 Å². The van der Waals surface area contributed by atoms with Gasteiger partial charge in [-0.2, -0.15) is 11.3 Å². The highest BCUT2D eigenvalue weighted by Gasteiger charge is 2.33. The van der Waals surface area contributed by atoms with Gasteiger partial charge in [-0.25, -0.2) is 4.98 Å². The fourth-order valence-electron chi connectivity index (χ4n) is 2.68. The fraction of sp³-hybridized carbons (Fsp3) is 0.467. The number of amides is 1. The van der Waals surface area contributed by atoms with Crippen LogP contribution in [0.25, 0.3) is 0 Å². The summed E-state index contributed by atoms with van der Waals surface area (Å²) in [5.41, 5.74) is -0.207. The molecule has 0 spiro atoms. The molecular weight excluding hydrogens is 318 g/mol. The number of rotatable bonds is 5. The van der Waals surface area contributed by atoms with Crippen molar-refractivity contribution in [1.29, 1.82) is 0 Å². The summed E-state index contributed by atoms with van der Waals surface area (Å²) >= 11 is 3.09. The van der Waals surface area contributed by atoms with Gasteiger partial charge in [0.15, 0.2) is 5.13 Å². The number of thiazole rings is 1. The Morgan fingerprint density at radius 3 is 3.14 bits per heavy atom. The lowest BCUT2D eigenvalue weighted by atomic mass is 9.99. The minimum atomic E-state index is -1.04. The number of nitrogens with zero attached hydrogens (tertiary/aromatic N) is 2. The predicted octanol–water partition coefficient (Wildman–Crippen LogP) is 2.20. The smallest absolute Gasteiger partial charge is 0.242 e. The number of nitrogens with one attached hydrogen (secondary N) is 1. The lowest BCUT2D eigenvalue weighted by molar-refractivity contribution is -0.123. The van der Waals surface area contributed by atoms with Crippen LogP contribution in [0.5, 0.6) is 0 Å². The zero-order chi connectivity index (χ0) is 15.6. The van der Waals surface area contributed by atoms with Crippen LogP contribution in [-0.2, 0) is 10.4 Å². The minimum Gasteiger partial charge on any atom is -0.384 e. The first-order valence-corrected chi connectivity index (χ1v) is 9.09. The molecule has 3 rings (SSSR count). The van der Waals surface area contributed by atoms with E-state index in [1.807, 2.05) is 22.2 Å². The number of anilines is 1. The molecular formula is C15H19N3O2S2. The first kappa shape index (κ1) is 15.5. The van der Waals surface area contributed by atoms with Crippen LogP contribution < -0.4 is 10.2 Å². The maximum atomic E-state index is 12.5. The molecule has 1 fully saturated rings. The van der Waals surface area contributed by atoms with Gasteiger partial charge >= 0.3 is 0 Å². The van der Waals surface area contributed by atoms with E-state index in [9.17, 15) is 9.90 Å². The monoisotopic (exact) mass is 337 g/mol. The van der Waals surface area contributed by atoms with Crippen LogP contribution in [0.2, 0.25) is 0 Å². The Labute approximate surface area is 137 Å². The summed E-state index contributed by atoms with van der Waals surface area (Å²) in [4.78, 5) is 18.8. The fourth-order valence-corrected chi connectivity index (χ4v) is 4.18. The summed E-state index contributed by atoms with van der Waals surface area (Å²) in [7, 11) is 0. The Morgan fingerprint density at radius 2 is 2.45 bits per heavy atom. The minimum absolute atomic E-state index is 0.0387. The van der Waals surface area contributed by atoms with Crippen LogP contribution in [0.15, 0.2) is 28.4 Å². The Morgan fingerprint density at radius 1 is 1.59 bits per heavy atom. The Bertz CT molecular complexity index is 611. The van der Waals surface area contributed by atoms with E-state index in [2.05, 4.69) is 15.2 Å². The molecule has 2 aromatic heterocycles. The van der Waals surface area contributed by atoms with Crippen molar-refractivity contribution in [3.05, 3.63) is 34.0 Å². The quantitative estimate of drug-likeness (QED) is 0.878. The van der Waals surface area contributed by atoms with Gasteiger partial charge in [-0.3, -0.25) is 4.79 Å². The summed E-state index contributed by atoms with van der Waals surface area (Å²) < 4.78 is 0. The average molecular weight is 337 g/mol. The number of carbonyl (C=O) groups excluding carboxylic acids is 1. The Kier molecular flexibility index (Phi) is 4.46.